The smallest absolute Gasteiger partial charge is 0.0679 e. The lowest BCUT2D eigenvalue weighted by Gasteiger charge is -2.19. The van der Waals surface area contributed by atoms with Gasteiger partial charge in [-0.1, -0.05) is 35.9 Å². The summed E-state index contributed by atoms with van der Waals surface area (Å²) in [5.41, 5.74) is 4.45. The number of benzene rings is 1. The molecule has 0 radical (unpaired) electrons. The van der Waals surface area contributed by atoms with Crippen LogP contribution < -0.4 is 0 Å². The number of fused-ring (bicyclic) bond motifs is 1. The fourth-order valence-corrected chi connectivity index (χ4v) is 3.00. The highest BCUT2D eigenvalue weighted by Crippen LogP contribution is 2.25. The second-order valence-electron chi connectivity index (χ2n) is 5.49. The van der Waals surface area contributed by atoms with Gasteiger partial charge >= 0.3 is 0 Å². The third-order valence-electron chi connectivity index (χ3n) is 4.13. The monoisotopic (exact) mass is 279 g/mol. The lowest BCUT2D eigenvalue weighted by molar-refractivity contribution is 0.176. The Hall–Kier alpha value is -0.830. The molecular formula is C16H22ClNO. The molecule has 1 aromatic rings. The first-order valence-corrected chi connectivity index (χ1v) is 6.99. The number of halogens is 1. The van der Waals surface area contributed by atoms with Gasteiger partial charge in [-0.05, 0) is 36.8 Å². The zero-order valence-electron chi connectivity index (χ0n) is 11.2. The predicted molar refractivity (Wildman–Crippen MR) is 81.7 cm³/mol. The van der Waals surface area contributed by atoms with Gasteiger partial charge in [-0.2, -0.15) is 0 Å². The summed E-state index contributed by atoms with van der Waals surface area (Å²) in [6.45, 7) is 3.03. The number of aliphatic hydroxyl groups excluding tert-OH is 1. The molecule has 1 aliphatic heterocycles. The van der Waals surface area contributed by atoms with Gasteiger partial charge in [-0.15, -0.1) is 12.4 Å². The van der Waals surface area contributed by atoms with Crippen LogP contribution in [0.1, 0.15) is 30.4 Å². The van der Waals surface area contributed by atoms with E-state index in [1.54, 1.807) is 5.57 Å². The topological polar surface area (TPSA) is 23.5 Å². The third kappa shape index (κ3) is 3.59. The molecule has 0 bridgehead atoms. The van der Waals surface area contributed by atoms with Crippen LogP contribution in [0.3, 0.4) is 0 Å². The molecule has 0 spiro atoms. The van der Waals surface area contributed by atoms with Crippen molar-refractivity contribution in [2.24, 2.45) is 0 Å². The first-order chi connectivity index (χ1) is 8.81. The summed E-state index contributed by atoms with van der Waals surface area (Å²) in [7, 11) is 0. The van der Waals surface area contributed by atoms with Gasteiger partial charge in [-0.3, -0.25) is 0 Å². The Kier molecular flexibility index (Phi) is 5.03. The minimum atomic E-state index is -0.0916. The first kappa shape index (κ1) is 14.6. The molecule has 1 aromatic carbocycles. The molecule has 3 heteroatoms. The summed E-state index contributed by atoms with van der Waals surface area (Å²) in [5.74, 6) is 0. The highest BCUT2D eigenvalue weighted by molar-refractivity contribution is 5.85. The Morgan fingerprint density at radius 3 is 2.84 bits per heavy atom. The number of β-amino-alcohol motifs (C(OH)–C–C–N with tert-alkyl or cyclic N) is 1. The molecule has 104 valence electrons. The van der Waals surface area contributed by atoms with Gasteiger partial charge in [0.15, 0.2) is 0 Å². The second kappa shape index (κ2) is 6.56. The number of hydrogen-bond donors (Lipinski definition) is 1. The van der Waals surface area contributed by atoms with Crippen molar-refractivity contribution >= 4 is 18.5 Å². The zero-order chi connectivity index (χ0) is 12.4. The van der Waals surface area contributed by atoms with E-state index in [0.717, 1.165) is 32.5 Å². The van der Waals surface area contributed by atoms with Gasteiger partial charge < -0.3 is 10.0 Å². The number of likely N-dealkylation sites (tertiary alicyclic amines) is 1. The van der Waals surface area contributed by atoms with E-state index in [2.05, 4.69) is 35.2 Å². The Balaban J connectivity index is 0.00000133. The molecule has 1 N–H and O–H groups in total. The molecule has 3 rings (SSSR count). The molecule has 0 aromatic heterocycles. The van der Waals surface area contributed by atoms with Crippen LogP contribution in [0.2, 0.25) is 0 Å². The number of hydrogen-bond acceptors (Lipinski definition) is 2. The summed E-state index contributed by atoms with van der Waals surface area (Å²) in [4.78, 5) is 2.38. The lowest BCUT2D eigenvalue weighted by Crippen LogP contribution is -2.23. The molecule has 0 saturated carbocycles. The van der Waals surface area contributed by atoms with E-state index in [1.165, 1.54) is 24.0 Å². The average molecular weight is 280 g/mol. The van der Waals surface area contributed by atoms with Crippen LogP contribution in [-0.2, 0) is 6.42 Å². The van der Waals surface area contributed by atoms with E-state index in [4.69, 9.17) is 0 Å². The summed E-state index contributed by atoms with van der Waals surface area (Å²) in [6, 6.07) is 8.70. The van der Waals surface area contributed by atoms with Crippen LogP contribution in [0.4, 0.5) is 0 Å². The fourth-order valence-electron chi connectivity index (χ4n) is 3.00. The van der Waals surface area contributed by atoms with Crippen molar-refractivity contribution in [3.8, 4) is 0 Å². The SMILES string of the molecule is Cl.OC1CCN(CCC2=Cc3ccccc3CC2)C1. The Morgan fingerprint density at radius 1 is 1.21 bits per heavy atom. The summed E-state index contributed by atoms with van der Waals surface area (Å²) in [6.07, 6.45) is 6.76. The maximum Gasteiger partial charge on any atom is 0.0679 e. The zero-order valence-corrected chi connectivity index (χ0v) is 12.0. The number of nitrogens with zero attached hydrogens (tertiary/aromatic N) is 1. The summed E-state index contributed by atoms with van der Waals surface area (Å²) in [5, 5.41) is 9.51. The van der Waals surface area contributed by atoms with E-state index in [-0.39, 0.29) is 18.5 Å². The molecule has 1 fully saturated rings. The lowest BCUT2D eigenvalue weighted by atomic mass is 9.91. The maximum atomic E-state index is 9.51. The molecule has 1 unspecified atom stereocenters. The van der Waals surface area contributed by atoms with Gasteiger partial charge in [0, 0.05) is 19.6 Å². The minimum absolute atomic E-state index is 0. The van der Waals surface area contributed by atoms with Gasteiger partial charge in [-0.25, -0.2) is 0 Å². The largest absolute Gasteiger partial charge is 0.392 e. The molecule has 0 amide bonds. The molecule has 1 heterocycles. The molecule has 1 atom stereocenters. The van der Waals surface area contributed by atoms with Gasteiger partial charge in [0.1, 0.15) is 0 Å². The molecule has 19 heavy (non-hydrogen) atoms. The molecule has 1 saturated heterocycles. The molecule has 1 aliphatic carbocycles. The average Bonchev–Trinajstić information content (AvgIpc) is 2.82. The minimum Gasteiger partial charge on any atom is -0.392 e. The molecular weight excluding hydrogens is 258 g/mol. The third-order valence-corrected chi connectivity index (χ3v) is 4.13. The van der Waals surface area contributed by atoms with Gasteiger partial charge in [0.05, 0.1) is 6.10 Å². The van der Waals surface area contributed by atoms with Crippen LogP contribution in [-0.4, -0.2) is 35.7 Å². The van der Waals surface area contributed by atoms with Crippen LogP contribution in [0.15, 0.2) is 29.8 Å². The van der Waals surface area contributed by atoms with Crippen LogP contribution in [0.5, 0.6) is 0 Å². The van der Waals surface area contributed by atoms with Crippen molar-refractivity contribution in [3.63, 3.8) is 0 Å². The molecule has 2 aliphatic rings. The van der Waals surface area contributed by atoms with Crippen molar-refractivity contribution in [1.82, 2.24) is 4.90 Å². The predicted octanol–water partition coefficient (Wildman–Crippen LogP) is 2.89. The van der Waals surface area contributed by atoms with Crippen molar-refractivity contribution in [2.75, 3.05) is 19.6 Å². The second-order valence-corrected chi connectivity index (χ2v) is 5.49. The summed E-state index contributed by atoms with van der Waals surface area (Å²) >= 11 is 0. The molecule has 2 nitrogen and oxygen atoms in total. The van der Waals surface area contributed by atoms with Gasteiger partial charge in [0.25, 0.3) is 0 Å². The maximum absolute atomic E-state index is 9.51. The standard InChI is InChI=1S/C16H21NO.ClH/c18-16-8-10-17(12-16)9-7-13-5-6-14-3-1-2-4-15(14)11-13;/h1-4,11,16,18H,5-10,12H2;1H. The van der Waals surface area contributed by atoms with Crippen molar-refractivity contribution in [3.05, 3.63) is 41.0 Å². The van der Waals surface area contributed by atoms with Crippen molar-refractivity contribution < 1.29 is 5.11 Å². The number of aryl methyl sites for hydroxylation is 1. The normalized spacial score (nSPS) is 22.6. The van der Waals surface area contributed by atoms with Crippen LogP contribution in [0.25, 0.3) is 6.08 Å². The van der Waals surface area contributed by atoms with Crippen LogP contribution in [0, 0.1) is 0 Å². The number of aliphatic hydroxyl groups is 1. The van der Waals surface area contributed by atoms with E-state index in [0.29, 0.717) is 0 Å². The van der Waals surface area contributed by atoms with E-state index in [1.807, 2.05) is 0 Å². The van der Waals surface area contributed by atoms with Crippen LogP contribution >= 0.6 is 12.4 Å². The highest BCUT2D eigenvalue weighted by atomic mass is 35.5. The summed E-state index contributed by atoms with van der Waals surface area (Å²) < 4.78 is 0. The van der Waals surface area contributed by atoms with Crippen molar-refractivity contribution in [1.29, 1.82) is 0 Å². The van der Waals surface area contributed by atoms with Crippen molar-refractivity contribution in [2.45, 2.75) is 31.8 Å². The Labute approximate surface area is 121 Å². The Morgan fingerprint density at radius 2 is 2.05 bits per heavy atom. The van der Waals surface area contributed by atoms with Gasteiger partial charge in [0.2, 0.25) is 0 Å². The fraction of sp³-hybridized carbons (Fsp3) is 0.500. The highest BCUT2D eigenvalue weighted by Gasteiger charge is 2.20. The van der Waals surface area contributed by atoms with E-state index in [9.17, 15) is 5.11 Å². The van der Waals surface area contributed by atoms with E-state index < -0.39 is 0 Å². The quantitative estimate of drug-likeness (QED) is 0.920. The first-order valence-electron chi connectivity index (χ1n) is 6.99. The van der Waals surface area contributed by atoms with E-state index >= 15 is 0 Å². The Bertz CT molecular complexity index is 458. The number of rotatable bonds is 3.